The Kier molecular flexibility index (Phi) is 4.75. The van der Waals surface area contributed by atoms with E-state index in [2.05, 4.69) is 0 Å². The number of benzene rings is 1. The highest BCUT2D eigenvalue weighted by atomic mass is 32.2. The van der Waals surface area contributed by atoms with Crippen LogP contribution < -0.4 is 0 Å². The lowest BCUT2D eigenvalue weighted by atomic mass is 10.1. The van der Waals surface area contributed by atoms with E-state index in [1.165, 1.54) is 31.7 Å². The quantitative estimate of drug-likeness (QED) is 0.810. The van der Waals surface area contributed by atoms with Gasteiger partial charge in [0.25, 0.3) is 0 Å². The van der Waals surface area contributed by atoms with Crippen molar-refractivity contribution in [3.63, 3.8) is 0 Å². The fourth-order valence-electron chi connectivity index (χ4n) is 2.19. The van der Waals surface area contributed by atoms with E-state index in [-0.39, 0.29) is 12.2 Å². The van der Waals surface area contributed by atoms with Crippen LogP contribution in [0.2, 0.25) is 0 Å². The van der Waals surface area contributed by atoms with E-state index in [1.54, 1.807) is 11.8 Å². The molecular weight excluding hydrogens is 254 g/mol. The van der Waals surface area contributed by atoms with Crippen LogP contribution in [0.15, 0.2) is 18.2 Å². The van der Waals surface area contributed by atoms with Crippen LogP contribution in [0.25, 0.3) is 0 Å². The Balaban J connectivity index is 1.80. The van der Waals surface area contributed by atoms with Crippen LogP contribution >= 0.6 is 11.8 Å². The minimum absolute atomic E-state index is 0.0814. The van der Waals surface area contributed by atoms with Crippen molar-refractivity contribution < 1.29 is 13.6 Å². The van der Waals surface area contributed by atoms with Gasteiger partial charge in [0.1, 0.15) is 5.78 Å². The van der Waals surface area contributed by atoms with Crippen LogP contribution in [-0.2, 0) is 11.2 Å². The SMILES string of the molecule is O=C(CSC1CCCC1)Cc1ccc(F)c(F)c1. The zero-order chi connectivity index (χ0) is 13.0. The molecule has 0 N–H and O–H groups in total. The second-order valence-electron chi connectivity index (χ2n) is 4.68. The molecule has 0 amide bonds. The predicted octanol–water partition coefficient (Wildman–Crippen LogP) is 3.75. The van der Waals surface area contributed by atoms with Crippen molar-refractivity contribution in [3.8, 4) is 0 Å². The minimum Gasteiger partial charge on any atom is -0.298 e. The fourth-order valence-corrected chi connectivity index (χ4v) is 3.38. The maximum atomic E-state index is 13.0. The molecule has 0 aromatic heterocycles. The molecule has 98 valence electrons. The molecule has 2 rings (SSSR count). The van der Waals surface area contributed by atoms with E-state index in [0.717, 1.165) is 12.1 Å². The first kappa shape index (κ1) is 13.5. The molecule has 1 aromatic carbocycles. The topological polar surface area (TPSA) is 17.1 Å². The first-order chi connectivity index (χ1) is 8.65. The lowest BCUT2D eigenvalue weighted by Crippen LogP contribution is -2.09. The van der Waals surface area contributed by atoms with Crippen LogP contribution in [0.4, 0.5) is 8.78 Å². The normalized spacial score (nSPS) is 16.1. The summed E-state index contributed by atoms with van der Waals surface area (Å²) in [6.45, 7) is 0. The van der Waals surface area contributed by atoms with E-state index < -0.39 is 11.6 Å². The molecule has 18 heavy (non-hydrogen) atoms. The summed E-state index contributed by atoms with van der Waals surface area (Å²) in [5.41, 5.74) is 0.547. The monoisotopic (exact) mass is 270 g/mol. The van der Waals surface area contributed by atoms with Gasteiger partial charge in [0.2, 0.25) is 0 Å². The molecule has 0 unspecified atom stereocenters. The molecule has 1 nitrogen and oxygen atoms in total. The third-order valence-corrected chi connectivity index (χ3v) is 4.60. The van der Waals surface area contributed by atoms with Gasteiger partial charge in [0.15, 0.2) is 11.6 Å². The van der Waals surface area contributed by atoms with Crippen molar-refractivity contribution in [2.24, 2.45) is 0 Å². The van der Waals surface area contributed by atoms with E-state index in [9.17, 15) is 13.6 Å². The summed E-state index contributed by atoms with van der Waals surface area (Å²) in [6, 6.07) is 3.64. The number of hydrogen-bond donors (Lipinski definition) is 0. The number of carbonyl (C=O) groups excluding carboxylic acids is 1. The average molecular weight is 270 g/mol. The van der Waals surface area contributed by atoms with Gasteiger partial charge in [-0.05, 0) is 30.5 Å². The Morgan fingerprint density at radius 3 is 2.61 bits per heavy atom. The smallest absolute Gasteiger partial charge is 0.159 e. The van der Waals surface area contributed by atoms with E-state index >= 15 is 0 Å². The van der Waals surface area contributed by atoms with Gasteiger partial charge in [-0.15, -0.1) is 0 Å². The molecule has 0 atom stereocenters. The van der Waals surface area contributed by atoms with Gasteiger partial charge < -0.3 is 0 Å². The summed E-state index contributed by atoms with van der Waals surface area (Å²) in [5, 5.41) is 0.610. The summed E-state index contributed by atoms with van der Waals surface area (Å²) in [4.78, 5) is 11.7. The molecule has 1 fully saturated rings. The minimum atomic E-state index is -0.885. The van der Waals surface area contributed by atoms with Gasteiger partial charge in [0, 0.05) is 11.7 Å². The van der Waals surface area contributed by atoms with Crippen molar-refractivity contribution in [1.29, 1.82) is 0 Å². The lowest BCUT2D eigenvalue weighted by molar-refractivity contribution is -0.116. The van der Waals surface area contributed by atoms with Gasteiger partial charge in [-0.25, -0.2) is 8.78 Å². The zero-order valence-electron chi connectivity index (χ0n) is 10.1. The predicted molar refractivity (Wildman–Crippen MR) is 69.8 cm³/mol. The number of ketones is 1. The Morgan fingerprint density at radius 1 is 1.22 bits per heavy atom. The van der Waals surface area contributed by atoms with Gasteiger partial charge >= 0.3 is 0 Å². The van der Waals surface area contributed by atoms with Crippen molar-refractivity contribution in [1.82, 2.24) is 0 Å². The summed E-state index contributed by atoms with van der Waals surface area (Å²) >= 11 is 1.70. The Hall–Kier alpha value is -0.900. The Bertz CT molecular complexity index is 428. The van der Waals surface area contributed by atoms with Crippen molar-refractivity contribution >= 4 is 17.5 Å². The summed E-state index contributed by atoms with van der Waals surface area (Å²) in [7, 11) is 0. The maximum absolute atomic E-state index is 13.0. The van der Waals surface area contributed by atoms with Crippen LogP contribution in [0, 0.1) is 11.6 Å². The first-order valence-electron chi connectivity index (χ1n) is 6.22. The number of rotatable bonds is 5. The molecule has 0 heterocycles. The summed E-state index contributed by atoms with van der Waals surface area (Å²) in [5.74, 6) is -1.20. The molecule has 0 radical (unpaired) electrons. The fraction of sp³-hybridized carbons (Fsp3) is 0.500. The molecule has 0 bridgehead atoms. The molecular formula is C14H16F2OS. The third-order valence-electron chi connectivity index (χ3n) is 3.17. The van der Waals surface area contributed by atoms with Gasteiger partial charge in [-0.3, -0.25) is 4.79 Å². The standard InChI is InChI=1S/C14H16F2OS/c15-13-6-5-10(8-14(13)16)7-11(17)9-18-12-3-1-2-4-12/h5-6,8,12H,1-4,7,9H2. The molecule has 0 aliphatic heterocycles. The average Bonchev–Trinajstić information content (AvgIpc) is 2.84. The Labute approximate surface area is 110 Å². The van der Waals surface area contributed by atoms with Crippen LogP contribution in [0.5, 0.6) is 0 Å². The Morgan fingerprint density at radius 2 is 1.94 bits per heavy atom. The molecule has 4 heteroatoms. The number of halogens is 2. The van der Waals surface area contributed by atoms with Crippen molar-refractivity contribution in [3.05, 3.63) is 35.4 Å². The van der Waals surface area contributed by atoms with Crippen LogP contribution in [0.3, 0.4) is 0 Å². The van der Waals surface area contributed by atoms with E-state index in [0.29, 0.717) is 16.6 Å². The van der Waals surface area contributed by atoms with Gasteiger partial charge in [-0.2, -0.15) is 11.8 Å². The number of Topliss-reactive ketones (excluding diaryl/α,β-unsaturated/α-hetero) is 1. The second kappa shape index (κ2) is 6.32. The number of hydrogen-bond acceptors (Lipinski definition) is 2. The highest BCUT2D eigenvalue weighted by Gasteiger charge is 2.17. The molecule has 1 aliphatic carbocycles. The molecule has 1 aliphatic rings. The largest absolute Gasteiger partial charge is 0.298 e. The van der Waals surface area contributed by atoms with Crippen molar-refractivity contribution in [2.75, 3.05) is 5.75 Å². The first-order valence-corrected chi connectivity index (χ1v) is 7.27. The highest BCUT2D eigenvalue weighted by molar-refractivity contribution is 8.00. The van der Waals surface area contributed by atoms with Crippen LogP contribution in [0.1, 0.15) is 31.2 Å². The highest BCUT2D eigenvalue weighted by Crippen LogP contribution is 2.29. The lowest BCUT2D eigenvalue weighted by Gasteiger charge is -2.07. The molecule has 1 aromatic rings. The summed E-state index contributed by atoms with van der Waals surface area (Å²) < 4.78 is 25.7. The molecule has 1 saturated carbocycles. The third kappa shape index (κ3) is 3.80. The van der Waals surface area contributed by atoms with E-state index in [1.807, 2.05) is 0 Å². The van der Waals surface area contributed by atoms with E-state index in [4.69, 9.17) is 0 Å². The van der Waals surface area contributed by atoms with Crippen molar-refractivity contribution in [2.45, 2.75) is 37.4 Å². The maximum Gasteiger partial charge on any atom is 0.159 e. The molecule has 0 spiro atoms. The zero-order valence-corrected chi connectivity index (χ0v) is 10.9. The molecule has 0 saturated heterocycles. The summed E-state index contributed by atoms with van der Waals surface area (Å²) in [6.07, 6.45) is 5.10. The van der Waals surface area contributed by atoms with Gasteiger partial charge in [0.05, 0.1) is 5.75 Å². The number of carbonyl (C=O) groups is 1. The van der Waals surface area contributed by atoms with Crippen LogP contribution in [-0.4, -0.2) is 16.8 Å². The second-order valence-corrected chi connectivity index (χ2v) is 5.97. The number of thioether (sulfide) groups is 1. The van der Waals surface area contributed by atoms with Gasteiger partial charge in [-0.1, -0.05) is 18.9 Å².